The molecule has 30 heavy (non-hydrogen) atoms. The van der Waals surface area contributed by atoms with E-state index in [0.29, 0.717) is 21.2 Å². The number of carbonyl (C=O) groups excluding carboxylic acids is 1. The van der Waals surface area contributed by atoms with Crippen LogP contribution in [0.15, 0.2) is 82.2 Å². The average Bonchev–Trinajstić information content (AvgIpc) is 3.42. The Labute approximate surface area is 180 Å². The Morgan fingerprint density at radius 2 is 1.87 bits per heavy atom. The number of hydrogen-bond donors (Lipinski definition) is 0. The van der Waals surface area contributed by atoms with Gasteiger partial charge in [0, 0.05) is 29.9 Å². The van der Waals surface area contributed by atoms with Gasteiger partial charge in [-0.2, -0.15) is 0 Å². The van der Waals surface area contributed by atoms with Crippen LogP contribution in [0.5, 0.6) is 0 Å². The number of nitrogens with zero attached hydrogens (tertiary/aromatic N) is 3. The van der Waals surface area contributed by atoms with Crippen LogP contribution in [-0.4, -0.2) is 20.0 Å². The van der Waals surface area contributed by atoms with Crippen molar-refractivity contribution in [2.75, 3.05) is 0 Å². The van der Waals surface area contributed by atoms with Crippen LogP contribution >= 0.6 is 23.1 Å². The van der Waals surface area contributed by atoms with Crippen molar-refractivity contribution in [3.8, 4) is 0 Å². The molecule has 0 saturated heterocycles. The minimum atomic E-state index is -0.0534. The van der Waals surface area contributed by atoms with Crippen molar-refractivity contribution in [3.05, 3.63) is 93.7 Å². The van der Waals surface area contributed by atoms with Crippen molar-refractivity contribution in [3.63, 3.8) is 0 Å². The minimum absolute atomic E-state index is 0.0163. The Kier molecular flexibility index (Phi) is 4.77. The molecule has 0 fully saturated rings. The lowest BCUT2D eigenvalue weighted by atomic mass is 10.1. The molecule has 0 atom stereocenters. The van der Waals surface area contributed by atoms with Gasteiger partial charge in [-0.3, -0.25) is 18.7 Å². The number of thiophene rings is 1. The summed E-state index contributed by atoms with van der Waals surface area (Å²) in [4.78, 5) is 29.9. The first-order valence-corrected chi connectivity index (χ1v) is 11.2. The summed E-state index contributed by atoms with van der Waals surface area (Å²) in [6.45, 7) is 0. The zero-order valence-electron chi connectivity index (χ0n) is 16.1. The van der Waals surface area contributed by atoms with Crippen LogP contribution in [0.1, 0.15) is 15.9 Å². The van der Waals surface area contributed by atoms with Gasteiger partial charge in [-0.1, -0.05) is 42.1 Å². The number of benzene rings is 2. The lowest BCUT2D eigenvalue weighted by Gasteiger charge is -2.08. The summed E-state index contributed by atoms with van der Waals surface area (Å²) < 4.78 is 3.95. The minimum Gasteiger partial charge on any atom is -0.290 e. The average molecular weight is 432 g/mol. The fourth-order valence-electron chi connectivity index (χ4n) is 3.39. The molecule has 5 aromatic rings. The van der Waals surface area contributed by atoms with Crippen LogP contribution in [0.2, 0.25) is 0 Å². The molecule has 0 radical (unpaired) electrons. The third-order valence-electron chi connectivity index (χ3n) is 5.03. The number of rotatable bonds is 4. The number of thioether (sulfide) groups is 1. The summed E-state index contributed by atoms with van der Waals surface area (Å²) in [5.74, 6) is 0.610. The number of hydrogen-bond acceptors (Lipinski definition) is 5. The fraction of sp³-hybridized carbons (Fsp3) is 0.0870. The van der Waals surface area contributed by atoms with Crippen molar-refractivity contribution in [2.45, 2.75) is 10.9 Å². The van der Waals surface area contributed by atoms with Gasteiger partial charge < -0.3 is 0 Å². The summed E-state index contributed by atoms with van der Waals surface area (Å²) >= 11 is 2.93. The number of carbonyl (C=O) groups is 1. The molecule has 3 aromatic heterocycles. The Morgan fingerprint density at radius 3 is 2.70 bits per heavy atom. The molecule has 7 heteroatoms. The maximum absolute atomic E-state index is 12.9. The second-order valence-electron chi connectivity index (χ2n) is 6.93. The van der Waals surface area contributed by atoms with E-state index in [1.165, 1.54) is 23.1 Å². The topological polar surface area (TPSA) is 56.9 Å². The highest BCUT2D eigenvalue weighted by Crippen LogP contribution is 2.24. The van der Waals surface area contributed by atoms with Gasteiger partial charge >= 0.3 is 0 Å². The Bertz CT molecular complexity index is 1450. The van der Waals surface area contributed by atoms with Gasteiger partial charge in [-0.15, -0.1) is 11.3 Å². The highest BCUT2D eigenvalue weighted by Gasteiger charge is 2.12. The second kappa shape index (κ2) is 7.59. The molecule has 0 aliphatic carbocycles. The summed E-state index contributed by atoms with van der Waals surface area (Å²) in [6, 6.07) is 19.2. The third-order valence-corrected chi connectivity index (χ3v) is 7.03. The molecule has 0 bridgehead atoms. The van der Waals surface area contributed by atoms with Crippen LogP contribution < -0.4 is 5.56 Å². The molecule has 0 spiro atoms. The Hall–Kier alpha value is -3.16. The predicted octanol–water partition coefficient (Wildman–Crippen LogP) is 4.93. The Morgan fingerprint density at radius 1 is 1.07 bits per heavy atom. The molecule has 0 unspecified atom stereocenters. The van der Waals surface area contributed by atoms with Crippen molar-refractivity contribution in [1.29, 1.82) is 0 Å². The highest BCUT2D eigenvalue weighted by atomic mass is 32.2. The first kappa shape index (κ1) is 18.8. The van der Waals surface area contributed by atoms with Crippen molar-refractivity contribution < 1.29 is 4.79 Å². The molecule has 0 aliphatic rings. The number of aromatic nitrogens is 3. The first-order valence-electron chi connectivity index (χ1n) is 9.38. The molecule has 5 nitrogen and oxygen atoms in total. The van der Waals surface area contributed by atoms with E-state index in [-0.39, 0.29) is 11.5 Å². The maximum Gasteiger partial charge on any atom is 0.271 e. The van der Waals surface area contributed by atoms with E-state index in [4.69, 9.17) is 0 Å². The molecule has 0 aliphatic heterocycles. The second-order valence-corrected chi connectivity index (χ2v) is 8.79. The molecule has 5 rings (SSSR count). The largest absolute Gasteiger partial charge is 0.290 e. The number of para-hydroxylation sites is 1. The molecule has 2 aromatic carbocycles. The smallest absolute Gasteiger partial charge is 0.271 e. The molecular weight excluding hydrogens is 414 g/mol. The van der Waals surface area contributed by atoms with Crippen molar-refractivity contribution in [1.82, 2.24) is 14.1 Å². The standard InChI is InChI=1S/C23H17N3O2S2/c1-25-22(28)20-18(11-13-29-20)24-23(25)30-14-15-6-8-17(9-7-15)21(27)26-12-10-16-4-2-3-5-19(16)26/h2-13H,14H2,1H3. The molecular formula is C23H17N3O2S2. The van der Waals surface area contributed by atoms with E-state index in [0.717, 1.165) is 22.0 Å². The zero-order chi connectivity index (χ0) is 20.7. The van der Waals surface area contributed by atoms with Gasteiger partial charge in [0.1, 0.15) is 4.70 Å². The van der Waals surface area contributed by atoms with Crippen LogP contribution in [0, 0.1) is 0 Å². The van der Waals surface area contributed by atoms with E-state index in [1.54, 1.807) is 16.2 Å². The van der Waals surface area contributed by atoms with Gasteiger partial charge in [0.15, 0.2) is 5.16 Å². The summed E-state index contributed by atoms with van der Waals surface area (Å²) in [6.07, 6.45) is 1.81. The lowest BCUT2D eigenvalue weighted by Crippen LogP contribution is -2.18. The highest BCUT2D eigenvalue weighted by molar-refractivity contribution is 7.98. The van der Waals surface area contributed by atoms with E-state index in [2.05, 4.69) is 4.98 Å². The molecule has 0 saturated carbocycles. The van der Waals surface area contributed by atoms with E-state index >= 15 is 0 Å². The quantitative estimate of drug-likeness (QED) is 0.299. The van der Waals surface area contributed by atoms with Gasteiger partial charge in [0.05, 0.1) is 11.0 Å². The summed E-state index contributed by atoms with van der Waals surface area (Å²) in [7, 11) is 1.75. The van der Waals surface area contributed by atoms with E-state index in [1.807, 2.05) is 72.2 Å². The lowest BCUT2D eigenvalue weighted by molar-refractivity contribution is 0.0965. The van der Waals surface area contributed by atoms with E-state index in [9.17, 15) is 9.59 Å². The molecule has 3 heterocycles. The van der Waals surface area contributed by atoms with Crippen molar-refractivity contribution >= 4 is 50.1 Å². The zero-order valence-corrected chi connectivity index (χ0v) is 17.7. The van der Waals surface area contributed by atoms with Crippen LogP contribution in [0.25, 0.3) is 21.1 Å². The van der Waals surface area contributed by atoms with Crippen LogP contribution in [0.4, 0.5) is 0 Å². The first-order chi connectivity index (χ1) is 14.6. The summed E-state index contributed by atoms with van der Waals surface area (Å²) in [5.41, 5.74) is 3.32. The van der Waals surface area contributed by atoms with Gasteiger partial charge in [-0.05, 0) is 41.3 Å². The van der Waals surface area contributed by atoms with Crippen LogP contribution in [0.3, 0.4) is 0 Å². The third kappa shape index (κ3) is 3.26. The summed E-state index contributed by atoms with van der Waals surface area (Å²) in [5, 5.41) is 3.61. The Balaban J connectivity index is 1.35. The number of fused-ring (bicyclic) bond motifs is 2. The molecule has 0 N–H and O–H groups in total. The van der Waals surface area contributed by atoms with Gasteiger partial charge in [0.2, 0.25) is 0 Å². The van der Waals surface area contributed by atoms with Crippen LogP contribution in [-0.2, 0) is 12.8 Å². The monoisotopic (exact) mass is 431 g/mol. The van der Waals surface area contributed by atoms with Gasteiger partial charge in [-0.25, -0.2) is 4.98 Å². The van der Waals surface area contributed by atoms with Crippen molar-refractivity contribution in [2.24, 2.45) is 7.05 Å². The molecule has 148 valence electrons. The maximum atomic E-state index is 12.9. The predicted molar refractivity (Wildman–Crippen MR) is 123 cm³/mol. The SMILES string of the molecule is Cn1c(SCc2ccc(C(=O)n3ccc4ccccc43)cc2)nc2ccsc2c1=O. The molecule has 0 amide bonds. The van der Waals surface area contributed by atoms with Gasteiger partial charge in [0.25, 0.3) is 11.5 Å². The fourth-order valence-corrected chi connectivity index (χ4v) is 5.12. The van der Waals surface area contributed by atoms with E-state index < -0.39 is 0 Å². The normalized spacial score (nSPS) is 11.4.